The van der Waals surface area contributed by atoms with Crippen LogP contribution in [-0.4, -0.2) is 28.1 Å². The summed E-state index contributed by atoms with van der Waals surface area (Å²) in [5, 5.41) is -0.617. The topological polar surface area (TPSA) is 35.5 Å². The first-order valence-electron chi connectivity index (χ1n) is 5.19. The minimum Gasteiger partial charge on any atom is -0.427 e. The van der Waals surface area contributed by atoms with Crippen molar-refractivity contribution in [1.82, 2.24) is 0 Å². The molecule has 0 saturated heterocycles. The van der Waals surface area contributed by atoms with Crippen LogP contribution in [0, 0.1) is 0 Å². The Kier molecular flexibility index (Phi) is 5.40. The first-order valence-corrected chi connectivity index (χ1v) is 6.06. The lowest BCUT2D eigenvalue weighted by Crippen LogP contribution is -2.41. The van der Waals surface area contributed by atoms with Crippen LogP contribution in [0.2, 0.25) is 0 Å². The van der Waals surface area contributed by atoms with Gasteiger partial charge in [-0.05, 0) is 41.5 Å². The Bertz CT molecular complexity index is 224. The van der Waals surface area contributed by atoms with E-state index in [0.717, 1.165) is 0 Å². The normalized spacial score (nSPS) is 16.5. The van der Waals surface area contributed by atoms with E-state index >= 15 is 0 Å². The van der Waals surface area contributed by atoms with E-state index in [1.54, 1.807) is 41.5 Å². The van der Waals surface area contributed by atoms with Crippen molar-refractivity contribution in [2.24, 2.45) is 0 Å². The average molecular weight is 271 g/mol. The molecule has 5 heteroatoms. The highest BCUT2D eigenvalue weighted by atomic mass is 35.5. The van der Waals surface area contributed by atoms with E-state index in [-0.39, 0.29) is 10.8 Å². The number of carbonyl (C=O) groups is 1. The molecular formula is C11H20Cl2O3. The van der Waals surface area contributed by atoms with Gasteiger partial charge in [0, 0.05) is 0 Å². The quantitative estimate of drug-likeness (QED) is 0.573. The second-order valence-corrected chi connectivity index (χ2v) is 6.20. The highest BCUT2D eigenvalue weighted by molar-refractivity contribution is 6.21. The number of halogens is 2. The number of rotatable bonds is 4. The molecule has 0 radical (unpaired) electrons. The Morgan fingerprint density at radius 1 is 0.938 bits per heavy atom. The van der Waals surface area contributed by atoms with Gasteiger partial charge in [-0.1, -0.05) is 0 Å². The van der Waals surface area contributed by atoms with Gasteiger partial charge in [-0.2, -0.15) is 0 Å². The molecule has 0 aromatic heterocycles. The van der Waals surface area contributed by atoms with Crippen molar-refractivity contribution in [1.29, 1.82) is 0 Å². The summed E-state index contributed by atoms with van der Waals surface area (Å²) in [5.41, 5.74) is -1.55. The molecule has 0 heterocycles. The van der Waals surface area contributed by atoms with Gasteiger partial charge in [-0.3, -0.25) is 0 Å². The predicted molar refractivity (Wildman–Crippen MR) is 66.4 cm³/mol. The maximum absolute atomic E-state index is 11.5. The molecule has 96 valence electrons. The molecule has 0 fully saturated rings. The lowest BCUT2D eigenvalue weighted by molar-refractivity contribution is -0.0584. The fourth-order valence-corrected chi connectivity index (χ4v) is 0.702. The predicted octanol–water partition coefficient (Wildman–Crippen LogP) is 3.95. The summed E-state index contributed by atoms with van der Waals surface area (Å²) >= 11 is 11.8. The number of carbonyl (C=O) groups excluding carboxylic acids is 1. The molecule has 0 aliphatic heterocycles. The van der Waals surface area contributed by atoms with Gasteiger partial charge in [0.05, 0.1) is 10.8 Å². The molecule has 2 unspecified atom stereocenters. The van der Waals surface area contributed by atoms with Crippen LogP contribution < -0.4 is 0 Å². The van der Waals surface area contributed by atoms with Crippen molar-refractivity contribution in [2.45, 2.75) is 63.5 Å². The fourth-order valence-electron chi connectivity index (χ4n) is 0.613. The minimum atomic E-state index is -0.774. The zero-order valence-electron chi connectivity index (χ0n) is 10.6. The largest absolute Gasteiger partial charge is 0.509 e. The van der Waals surface area contributed by atoms with E-state index in [4.69, 9.17) is 32.7 Å². The van der Waals surface area contributed by atoms with E-state index in [1.807, 2.05) is 0 Å². The summed E-state index contributed by atoms with van der Waals surface area (Å²) in [4.78, 5) is 11.5. The van der Waals surface area contributed by atoms with Crippen LogP contribution in [0.15, 0.2) is 0 Å². The molecule has 0 N–H and O–H groups in total. The first-order chi connectivity index (χ1) is 6.99. The average Bonchev–Trinajstić information content (AvgIpc) is 2.00. The maximum Gasteiger partial charge on any atom is 0.509 e. The van der Waals surface area contributed by atoms with Gasteiger partial charge in [0.1, 0.15) is 11.2 Å². The van der Waals surface area contributed by atoms with Crippen LogP contribution in [0.1, 0.15) is 41.5 Å². The van der Waals surface area contributed by atoms with Gasteiger partial charge in [0.15, 0.2) is 0 Å². The zero-order chi connectivity index (χ0) is 13.1. The number of alkyl halides is 2. The van der Waals surface area contributed by atoms with Gasteiger partial charge in [-0.15, -0.1) is 23.2 Å². The van der Waals surface area contributed by atoms with Crippen LogP contribution >= 0.6 is 23.2 Å². The van der Waals surface area contributed by atoms with Crippen molar-refractivity contribution in [2.75, 3.05) is 0 Å². The lowest BCUT2D eigenvalue weighted by Gasteiger charge is -2.31. The molecule has 0 bridgehead atoms. The first kappa shape index (κ1) is 15.9. The van der Waals surface area contributed by atoms with E-state index in [1.165, 1.54) is 0 Å². The molecule has 0 aliphatic carbocycles. The van der Waals surface area contributed by atoms with E-state index < -0.39 is 17.4 Å². The summed E-state index contributed by atoms with van der Waals surface area (Å²) in [6, 6.07) is 0. The van der Waals surface area contributed by atoms with Crippen molar-refractivity contribution in [3.8, 4) is 0 Å². The Morgan fingerprint density at radius 2 is 1.19 bits per heavy atom. The number of ether oxygens (including phenoxy) is 2. The van der Waals surface area contributed by atoms with Gasteiger partial charge < -0.3 is 9.47 Å². The highest BCUT2D eigenvalue weighted by Crippen LogP contribution is 2.24. The summed E-state index contributed by atoms with van der Waals surface area (Å²) in [5.74, 6) is 0. The molecule has 0 saturated carbocycles. The Hall–Kier alpha value is -0.150. The van der Waals surface area contributed by atoms with Gasteiger partial charge in [0.2, 0.25) is 0 Å². The molecule has 0 aliphatic rings. The summed E-state index contributed by atoms with van der Waals surface area (Å²) < 4.78 is 10.3. The standard InChI is InChI=1S/C11H20Cl2O3/c1-7(12)10(3,4)15-9(14)16-11(5,6)8(2)13/h7-8H,1-6H3. The Labute approximate surface area is 107 Å². The molecule has 2 atom stereocenters. The summed E-state index contributed by atoms with van der Waals surface area (Å²) in [6.07, 6.45) is -0.755. The second-order valence-electron chi connectivity index (χ2n) is 4.89. The van der Waals surface area contributed by atoms with Crippen LogP contribution in [0.5, 0.6) is 0 Å². The molecule has 0 aromatic rings. The molecular weight excluding hydrogens is 251 g/mol. The molecule has 0 amide bonds. The van der Waals surface area contributed by atoms with Crippen LogP contribution in [-0.2, 0) is 9.47 Å². The molecule has 0 rings (SSSR count). The van der Waals surface area contributed by atoms with Crippen molar-refractivity contribution < 1.29 is 14.3 Å². The van der Waals surface area contributed by atoms with E-state index in [2.05, 4.69) is 0 Å². The lowest BCUT2D eigenvalue weighted by atomic mass is 10.1. The third kappa shape index (κ3) is 4.79. The van der Waals surface area contributed by atoms with E-state index in [0.29, 0.717) is 0 Å². The maximum atomic E-state index is 11.5. The van der Waals surface area contributed by atoms with Crippen molar-refractivity contribution in [3.05, 3.63) is 0 Å². The van der Waals surface area contributed by atoms with Crippen LogP contribution in [0.3, 0.4) is 0 Å². The smallest absolute Gasteiger partial charge is 0.427 e. The molecule has 0 aromatic carbocycles. The third-order valence-electron chi connectivity index (χ3n) is 2.61. The third-order valence-corrected chi connectivity index (χ3v) is 3.66. The van der Waals surface area contributed by atoms with Crippen molar-refractivity contribution in [3.63, 3.8) is 0 Å². The minimum absolute atomic E-state index is 0.309. The zero-order valence-corrected chi connectivity index (χ0v) is 12.1. The van der Waals surface area contributed by atoms with Crippen molar-refractivity contribution >= 4 is 29.4 Å². The fraction of sp³-hybridized carbons (Fsp3) is 0.909. The molecule has 0 spiro atoms. The number of hydrogen-bond donors (Lipinski definition) is 0. The van der Waals surface area contributed by atoms with Crippen LogP contribution in [0.4, 0.5) is 4.79 Å². The van der Waals surface area contributed by atoms with E-state index in [9.17, 15) is 4.79 Å². The highest BCUT2D eigenvalue weighted by Gasteiger charge is 2.34. The summed E-state index contributed by atoms with van der Waals surface area (Å²) in [7, 11) is 0. The molecule has 3 nitrogen and oxygen atoms in total. The Morgan fingerprint density at radius 3 is 1.38 bits per heavy atom. The SMILES string of the molecule is CC(Cl)C(C)(C)OC(=O)OC(C)(C)C(C)Cl. The Balaban J connectivity index is 4.41. The second kappa shape index (κ2) is 5.46. The van der Waals surface area contributed by atoms with Gasteiger partial charge in [0.25, 0.3) is 0 Å². The monoisotopic (exact) mass is 270 g/mol. The van der Waals surface area contributed by atoms with Crippen LogP contribution in [0.25, 0.3) is 0 Å². The summed E-state index contributed by atoms with van der Waals surface area (Å²) in [6.45, 7) is 10.4. The molecule has 16 heavy (non-hydrogen) atoms. The van der Waals surface area contributed by atoms with Gasteiger partial charge >= 0.3 is 6.16 Å². The van der Waals surface area contributed by atoms with Gasteiger partial charge in [-0.25, -0.2) is 4.79 Å². The number of hydrogen-bond acceptors (Lipinski definition) is 3.